The summed E-state index contributed by atoms with van der Waals surface area (Å²) in [6, 6.07) is 8.15. The number of benzene rings is 1. The summed E-state index contributed by atoms with van der Waals surface area (Å²) in [6.07, 6.45) is 2.57. The SMILES string of the molecule is CCN1CC[C@@]2(c3cccc(OC)c3)Cc3c(c(C)c(C(=O)NC(C)C)n3C(=O)NC(C)C)C[C@@H]2C1. The monoisotopic (exact) mass is 494 g/mol. The maximum absolute atomic E-state index is 13.6. The zero-order valence-electron chi connectivity index (χ0n) is 22.9. The molecular weight excluding hydrogens is 452 g/mol. The van der Waals surface area contributed by atoms with Gasteiger partial charge in [0.05, 0.1) is 7.11 Å². The van der Waals surface area contributed by atoms with Crippen LogP contribution in [0.15, 0.2) is 24.3 Å². The van der Waals surface area contributed by atoms with Gasteiger partial charge in [0, 0.05) is 29.7 Å². The summed E-state index contributed by atoms with van der Waals surface area (Å²) in [5, 5.41) is 6.07. The maximum atomic E-state index is 13.6. The van der Waals surface area contributed by atoms with Crippen molar-refractivity contribution >= 4 is 11.9 Å². The normalized spacial score (nSPS) is 21.8. The predicted molar refractivity (Wildman–Crippen MR) is 143 cm³/mol. The Morgan fingerprint density at radius 3 is 2.53 bits per heavy atom. The van der Waals surface area contributed by atoms with Crippen LogP contribution in [0.25, 0.3) is 0 Å². The third-order valence-corrected chi connectivity index (χ3v) is 8.06. The van der Waals surface area contributed by atoms with Crippen LogP contribution in [0.3, 0.4) is 0 Å². The Balaban J connectivity index is 1.90. The van der Waals surface area contributed by atoms with Gasteiger partial charge in [0.25, 0.3) is 5.91 Å². The lowest BCUT2D eigenvalue weighted by atomic mass is 9.58. The number of hydrogen-bond acceptors (Lipinski definition) is 4. The van der Waals surface area contributed by atoms with Crippen LogP contribution in [0, 0.1) is 12.8 Å². The van der Waals surface area contributed by atoms with Crippen LogP contribution in [-0.2, 0) is 18.3 Å². The van der Waals surface area contributed by atoms with Crippen molar-refractivity contribution in [3.63, 3.8) is 0 Å². The second kappa shape index (κ2) is 10.3. The average molecular weight is 495 g/mol. The van der Waals surface area contributed by atoms with E-state index in [0.717, 1.165) is 61.5 Å². The topological polar surface area (TPSA) is 75.6 Å². The molecule has 0 spiro atoms. The van der Waals surface area contributed by atoms with Gasteiger partial charge in [0.2, 0.25) is 0 Å². The molecule has 2 aromatic rings. The quantitative estimate of drug-likeness (QED) is 0.628. The Labute approximate surface area is 215 Å². The summed E-state index contributed by atoms with van der Waals surface area (Å²) < 4.78 is 7.29. The first kappa shape index (κ1) is 26.3. The Morgan fingerprint density at radius 1 is 1.17 bits per heavy atom. The summed E-state index contributed by atoms with van der Waals surface area (Å²) in [5.74, 6) is 1.05. The molecule has 0 radical (unpaired) electrons. The van der Waals surface area contributed by atoms with Crippen LogP contribution in [0.4, 0.5) is 4.79 Å². The lowest BCUT2D eigenvalue weighted by Gasteiger charge is -2.51. The standard InChI is InChI=1S/C29H42N4O3/c1-8-32-13-12-29(21-10-9-11-23(14-21)36-7)16-25-24(15-22(29)17-32)20(6)26(27(34)30-18(2)3)33(25)28(35)31-19(4)5/h9-11,14,18-19,22H,8,12-13,15-17H2,1-7H3,(H,30,34)(H,31,35)/t22-,29+/m1/s1. The van der Waals surface area contributed by atoms with Crippen molar-refractivity contribution in [2.24, 2.45) is 5.92 Å². The van der Waals surface area contributed by atoms with Crippen molar-refractivity contribution in [3.8, 4) is 5.75 Å². The van der Waals surface area contributed by atoms with Crippen LogP contribution in [-0.4, -0.2) is 60.2 Å². The highest BCUT2D eigenvalue weighted by atomic mass is 16.5. The number of carbonyl (C=O) groups is 2. The molecule has 1 aromatic heterocycles. The fourth-order valence-electron chi connectivity index (χ4n) is 6.27. The van der Waals surface area contributed by atoms with Gasteiger partial charge in [-0.2, -0.15) is 0 Å². The molecule has 1 aliphatic carbocycles. The van der Waals surface area contributed by atoms with Crippen molar-refractivity contribution in [1.29, 1.82) is 0 Å². The van der Waals surface area contributed by atoms with E-state index >= 15 is 0 Å². The number of likely N-dealkylation sites (tertiary alicyclic amines) is 1. The Bertz CT molecular complexity index is 1140. The molecule has 1 saturated heterocycles. The number of carbonyl (C=O) groups excluding carboxylic acids is 2. The lowest BCUT2D eigenvalue weighted by Crippen LogP contribution is -2.54. The van der Waals surface area contributed by atoms with Crippen molar-refractivity contribution < 1.29 is 14.3 Å². The third kappa shape index (κ3) is 4.65. The van der Waals surface area contributed by atoms with E-state index < -0.39 is 0 Å². The van der Waals surface area contributed by atoms with E-state index in [1.165, 1.54) is 5.56 Å². The number of piperidine rings is 1. The highest BCUT2D eigenvalue weighted by Crippen LogP contribution is 2.49. The third-order valence-electron chi connectivity index (χ3n) is 8.06. The van der Waals surface area contributed by atoms with Gasteiger partial charge in [-0.1, -0.05) is 19.1 Å². The maximum Gasteiger partial charge on any atom is 0.326 e. The second-order valence-corrected chi connectivity index (χ2v) is 11.1. The van der Waals surface area contributed by atoms with E-state index in [1.54, 1.807) is 11.7 Å². The Kier molecular flexibility index (Phi) is 7.51. The minimum atomic E-state index is -0.228. The van der Waals surface area contributed by atoms with E-state index in [2.05, 4.69) is 40.7 Å². The van der Waals surface area contributed by atoms with Crippen molar-refractivity contribution in [3.05, 3.63) is 52.3 Å². The largest absolute Gasteiger partial charge is 0.497 e. The van der Waals surface area contributed by atoms with Crippen molar-refractivity contribution in [2.75, 3.05) is 26.7 Å². The molecular formula is C29H42N4O3. The first-order chi connectivity index (χ1) is 17.1. The van der Waals surface area contributed by atoms with Gasteiger partial charge in [-0.15, -0.1) is 0 Å². The van der Waals surface area contributed by atoms with Crippen molar-refractivity contribution in [2.45, 2.75) is 78.3 Å². The molecule has 0 saturated carbocycles. The molecule has 2 N–H and O–H groups in total. The second-order valence-electron chi connectivity index (χ2n) is 11.1. The minimum absolute atomic E-state index is 0.0192. The summed E-state index contributed by atoms with van der Waals surface area (Å²) in [7, 11) is 1.71. The van der Waals surface area contributed by atoms with Gasteiger partial charge >= 0.3 is 6.03 Å². The molecule has 2 amide bonds. The van der Waals surface area contributed by atoms with E-state index in [1.807, 2.05) is 40.7 Å². The number of methoxy groups -OCH3 is 1. The fraction of sp³-hybridized carbons (Fsp3) is 0.586. The summed E-state index contributed by atoms with van der Waals surface area (Å²) in [4.78, 5) is 29.5. The number of fused-ring (bicyclic) bond motifs is 2. The van der Waals surface area contributed by atoms with E-state index in [0.29, 0.717) is 11.6 Å². The molecule has 2 atom stereocenters. The molecule has 2 heterocycles. The number of aromatic nitrogens is 1. The van der Waals surface area contributed by atoms with Crippen LogP contribution in [0.1, 0.15) is 73.9 Å². The number of ether oxygens (including phenoxy) is 1. The zero-order valence-corrected chi connectivity index (χ0v) is 22.9. The van der Waals surface area contributed by atoms with Gasteiger partial charge in [-0.3, -0.25) is 9.36 Å². The molecule has 0 unspecified atom stereocenters. The van der Waals surface area contributed by atoms with Crippen molar-refractivity contribution in [1.82, 2.24) is 20.1 Å². The van der Waals surface area contributed by atoms with Crippen LogP contribution in [0.2, 0.25) is 0 Å². The molecule has 36 heavy (non-hydrogen) atoms. The lowest BCUT2D eigenvalue weighted by molar-refractivity contribution is 0.0841. The molecule has 7 nitrogen and oxygen atoms in total. The van der Waals surface area contributed by atoms with Gasteiger partial charge < -0.3 is 20.3 Å². The number of rotatable bonds is 6. The molecule has 2 aliphatic rings. The average Bonchev–Trinajstić information content (AvgIpc) is 3.12. The van der Waals surface area contributed by atoms with E-state index in [-0.39, 0.29) is 29.4 Å². The highest BCUT2D eigenvalue weighted by Gasteiger charge is 2.49. The summed E-state index contributed by atoms with van der Waals surface area (Å²) in [6.45, 7) is 15.1. The molecule has 196 valence electrons. The summed E-state index contributed by atoms with van der Waals surface area (Å²) in [5.41, 5.74) is 4.66. The molecule has 1 aromatic carbocycles. The number of nitrogens with one attached hydrogen (secondary N) is 2. The summed E-state index contributed by atoms with van der Waals surface area (Å²) >= 11 is 0. The van der Waals surface area contributed by atoms with E-state index in [9.17, 15) is 9.59 Å². The first-order valence-electron chi connectivity index (χ1n) is 13.3. The minimum Gasteiger partial charge on any atom is -0.497 e. The molecule has 0 bridgehead atoms. The number of hydrogen-bond donors (Lipinski definition) is 2. The number of amides is 2. The Morgan fingerprint density at radius 2 is 1.89 bits per heavy atom. The zero-order chi connectivity index (χ0) is 26.2. The number of nitrogens with zero attached hydrogens (tertiary/aromatic N) is 2. The smallest absolute Gasteiger partial charge is 0.326 e. The molecule has 7 heteroatoms. The fourth-order valence-corrected chi connectivity index (χ4v) is 6.27. The van der Waals surface area contributed by atoms with Crippen LogP contribution < -0.4 is 15.4 Å². The Hall–Kier alpha value is -2.80. The van der Waals surface area contributed by atoms with Crippen LogP contribution >= 0.6 is 0 Å². The highest BCUT2D eigenvalue weighted by molar-refractivity contribution is 5.99. The van der Waals surface area contributed by atoms with Crippen LogP contribution in [0.5, 0.6) is 5.75 Å². The van der Waals surface area contributed by atoms with Gasteiger partial charge in [0.15, 0.2) is 0 Å². The van der Waals surface area contributed by atoms with E-state index in [4.69, 9.17) is 4.74 Å². The molecule has 4 rings (SSSR count). The molecule has 1 fully saturated rings. The first-order valence-corrected chi connectivity index (χ1v) is 13.3. The van der Waals surface area contributed by atoms with Gasteiger partial charge in [-0.05, 0) is 102 Å². The molecule has 1 aliphatic heterocycles. The predicted octanol–water partition coefficient (Wildman–Crippen LogP) is 4.29. The van der Waals surface area contributed by atoms with Gasteiger partial charge in [-0.25, -0.2) is 4.79 Å². The van der Waals surface area contributed by atoms with Gasteiger partial charge in [0.1, 0.15) is 11.4 Å².